The molecule has 1 unspecified atom stereocenters. The maximum Gasteiger partial charge on any atom is -1.00 e. The molecule has 0 nitrogen and oxygen atoms in total. The summed E-state index contributed by atoms with van der Waals surface area (Å²) in [7, 11) is 0. The first kappa shape index (κ1) is 23.6. The van der Waals surface area contributed by atoms with Crippen LogP contribution in [0.4, 0.5) is 0 Å². The van der Waals surface area contributed by atoms with Crippen molar-refractivity contribution < 1.29 is 45.2 Å². The Balaban J connectivity index is 0.00000242. The molecule has 0 amide bonds. The summed E-state index contributed by atoms with van der Waals surface area (Å²) in [5, 5.41) is 0. The van der Waals surface area contributed by atoms with E-state index in [0.717, 1.165) is 12.8 Å². The molecule has 0 saturated heterocycles. The van der Waals surface area contributed by atoms with E-state index in [4.69, 9.17) is 0 Å². The van der Waals surface area contributed by atoms with Crippen molar-refractivity contribution in [3.63, 3.8) is 0 Å². The fourth-order valence-corrected chi connectivity index (χ4v) is 6.11. The van der Waals surface area contributed by atoms with Crippen LogP contribution in [0.1, 0.15) is 53.4 Å². The number of hydrogen-bond acceptors (Lipinski definition) is 1. The van der Waals surface area contributed by atoms with Crippen molar-refractivity contribution in [3.8, 4) is 0 Å². The van der Waals surface area contributed by atoms with Crippen LogP contribution in [0.15, 0.2) is 45.4 Å². The smallest absolute Gasteiger partial charge is 1.00 e. The van der Waals surface area contributed by atoms with Gasteiger partial charge in [0.15, 0.2) is 0 Å². The zero-order valence-electron chi connectivity index (χ0n) is 14.6. The second-order valence-corrected chi connectivity index (χ2v) is 8.97. The molecule has 2 aliphatic rings. The molecule has 127 valence electrons. The molecule has 0 spiro atoms. The third-order valence-corrected chi connectivity index (χ3v) is 7.71. The number of halogens is 2. The number of unbranched alkanes of at least 4 members (excludes halogenated alkanes) is 1. The van der Waals surface area contributed by atoms with Gasteiger partial charge in [0, 0.05) is 0 Å². The van der Waals surface area contributed by atoms with Crippen LogP contribution < -0.4 is 24.8 Å². The maximum atomic E-state index is 2.46. The predicted octanol–water partition coefficient (Wildman–Crippen LogP) is -0.0403. The zero-order valence-corrected chi connectivity index (χ0v) is 18.5. The second kappa shape index (κ2) is 9.92. The van der Waals surface area contributed by atoms with Crippen molar-refractivity contribution in [2.75, 3.05) is 5.75 Å². The fourth-order valence-electron chi connectivity index (χ4n) is 3.54. The standard InChI is InChI=1S/C19H27S.2ClH.Ti/c1-5-6-15-20-19(14-10-9-11-16(19)2)18(3,4)17-12-7-8-13-17;;;/h7,9-12H,5-6,8,14-15H2,1-4H3;2*1H;/q;;;+2/p-2. The number of rotatable bonds is 6. The summed E-state index contributed by atoms with van der Waals surface area (Å²) in [6, 6.07) is 0. The summed E-state index contributed by atoms with van der Waals surface area (Å²) in [4.78, 5) is 0. The molecule has 0 aromatic rings. The van der Waals surface area contributed by atoms with E-state index in [1.807, 2.05) is 0 Å². The van der Waals surface area contributed by atoms with Gasteiger partial charge in [0.1, 0.15) is 0 Å². The molecule has 4 heteroatoms. The quantitative estimate of drug-likeness (QED) is 0.441. The fraction of sp³-hybridized carbons (Fsp3) is 0.579. The SMILES string of the molecule is CCCCSC1(C(C)(C)C2=[C]([Ti+2])CC=C2)CC=CC=C1C.[Cl-].[Cl-]. The molecule has 2 aliphatic carbocycles. The minimum absolute atomic E-state index is 0. The van der Waals surface area contributed by atoms with Gasteiger partial charge in [0.2, 0.25) is 0 Å². The molecular weight excluding hydrogens is 379 g/mol. The molecule has 1 atom stereocenters. The van der Waals surface area contributed by atoms with Crippen molar-refractivity contribution in [1.29, 1.82) is 0 Å². The van der Waals surface area contributed by atoms with Gasteiger partial charge in [-0.15, -0.1) is 0 Å². The van der Waals surface area contributed by atoms with Crippen LogP contribution >= 0.6 is 11.8 Å². The molecule has 0 aromatic heterocycles. The van der Waals surface area contributed by atoms with E-state index in [0.29, 0.717) is 0 Å². The van der Waals surface area contributed by atoms with Crippen molar-refractivity contribution in [3.05, 3.63) is 45.4 Å². The average molecular weight is 406 g/mol. The van der Waals surface area contributed by atoms with Crippen molar-refractivity contribution in [2.45, 2.75) is 58.1 Å². The molecule has 0 N–H and O–H groups in total. The Kier molecular flexibility index (Phi) is 10.2. The van der Waals surface area contributed by atoms with Gasteiger partial charge in [-0.2, -0.15) is 0 Å². The minimum Gasteiger partial charge on any atom is -1.00 e. The van der Waals surface area contributed by atoms with Gasteiger partial charge in [-0.25, -0.2) is 0 Å². The first-order valence-electron chi connectivity index (χ1n) is 8.05. The Morgan fingerprint density at radius 3 is 2.48 bits per heavy atom. The minimum atomic E-state index is 0. The molecule has 0 aromatic carbocycles. The van der Waals surface area contributed by atoms with Crippen LogP contribution in [0.2, 0.25) is 0 Å². The van der Waals surface area contributed by atoms with Gasteiger partial charge in [0.05, 0.1) is 0 Å². The van der Waals surface area contributed by atoms with Gasteiger partial charge < -0.3 is 24.8 Å². The van der Waals surface area contributed by atoms with Crippen LogP contribution in [0.5, 0.6) is 0 Å². The summed E-state index contributed by atoms with van der Waals surface area (Å²) in [5.74, 6) is 1.26. The third-order valence-electron chi connectivity index (χ3n) is 4.99. The Labute approximate surface area is 170 Å². The van der Waals surface area contributed by atoms with Gasteiger partial charge in [-0.1, -0.05) is 0 Å². The van der Waals surface area contributed by atoms with Crippen LogP contribution in [0.3, 0.4) is 0 Å². The predicted molar refractivity (Wildman–Crippen MR) is 92.2 cm³/mol. The number of allylic oxidation sites excluding steroid dienone is 7. The second-order valence-electron chi connectivity index (χ2n) is 6.63. The first-order chi connectivity index (χ1) is 9.95. The van der Waals surface area contributed by atoms with Crippen LogP contribution in [0.25, 0.3) is 0 Å². The molecule has 23 heavy (non-hydrogen) atoms. The van der Waals surface area contributed by atoms with Gasteiger partial charge in [0.25, 0.3) is 0 Å². The Morgan fingerprint density at radius 1 is 1.26 bits per heavy atom. The van der Waals surface area contributed by atoms with E-state index in [2.05, 4.69) is 90.3 Å². The topological polar surface area (TPSA) is 0 Å². The van der Waals surface area contributed by atoms with Crippen molar-refractivity contribution >= 4 is 11.8 Å². The van der Waals surface area contributed by atoms with Crippen LogP contribution in [-0.4, -0.2) is 10.5 Å². The molecule has 0 bridgehead atoms. The molecular formula is C19H27Cl2STi. The largest absolute Gasteiger partial charge is 1.00 e. The van der Waals surface area contributed by atoms with E-state index in [9.17, 15) is 0 Å². The molecule has 0 aliphatic heterocycles. The summed E-state index contributed by atoms with van der Waals surface area (Å²) in [5.41, 5.74) is 3.28. The van der Waals surface area contributed by atoms with Gasteiger partial charge >= 0.3 is 147 Å². The third kappa shape index (κ3) is 4.61. The first-order valence-corrected chi connectivity index (χ1v) is 9.82. The van der Waals surface area contributed by atoms with E-state index >= 15 is 0 Å². The molecule has 2 rings (SSSR count). The zero-order chi connectivity index (χ0) is 15.5. The Hall–Kier alpha value is 0.604. The van der Waals surface area contributed by atoms with E-state index in [1.165, 1.54) is 24.2 Å². The number of hydrogen-bond donors (Lipinski definition) is 0. The Morgan fingerprint density at radius 2 is 1.96 bits per heavy atom. The summed E-state index contributed by atoms with van der Waals surface area (Å²) < 4.78 is 1.76. The van der Waals surface area contributed by atoms with Crippen molar-refractivity contribution in [2.24, 2.45) is 5.41 Å². The van der Waals surface area contributed by atoms with Crippen LogP contribution in [0, 0.1) is 5.41 Å². The van der Waals surface area contributed by atoms with Gasteiger partial charge in [-0.3, -0.25) is 0 Å². The number of thioether (sulfide) groups is 1. The maximum absolute atomic E-state index is 2.46. The van der Waals surface area contributed by atoms with E-state index in [-0.39, 0.29) is 35.0 Å². The van der Waals surface area contributed by atoms with Gasteiger partial charge in [-0.05, 0) is 0 Å². The molecule has 0 heterocycles. The van der Waals surface area contributed by atoms with E-state index in [1.54, 1.807) is 9.45 Å². The molecule has 0 fully saturated rings. The monoisotopic (exact) mass is 405 g/mol. The average Bonchev–Trinajstić information content (AvgIpc) is 2.88. The normalized spacial score (nSPS) is 23.5. The summed E-state index contributed by atoms with van der Waals surface area (Å²) >= 11 is 4.49. The molecule has 0 saturated carbocycles. The van der Waals surface area contributed by atoms with Crippen molar-refractivity contribution in [1.82, 2.24) is 0 Å². The Bertz CT molecular complexity index is 517. The molecule has 0 radical (unpaired) electrons. The van der Waals surface area contributed by atoms with Crippen LogP contribution in [-0.2, 0) is 20.4 Å². The van der Waals surface area contributed by atoms with E-state index < -0.39 is 0 Å². The summed E-state index contributed by atoms with van der Waals surface area (Å²) in [6.07, 6.45) is 16.5. The summed E-state index contributed by atoms with van der Waals surface area (Å²) in [6.45, 7) is 9.53.